The molecule has 0 unspecified atom stereocenters. The summed E-state index contributed by atoms with van der Waals surface area (Å²) >= 11 is 0. The van der Waals surface area contributed by atoms with E-state index in [1.54, 1.807) is 11.6 Å². The van der Waals surface area contributed by atoms with Crippen LogP contribution < -0.4 is 4.74 Å². The SMILES string of the molecule is COc1cc2ncnn2cc1C. The second-order valence-electron chi connectivity index (χ2n) is 2.59. The van der Waals surface area contributed by atoms with E-state index in [1.165, 1.54) is 6.33 Å². The topological polar surface area (TPSA) is 39.4 Å². The fourth-order valence-electron chi connectivity index (χ4n) is 1.16. The lowest BCUT2D eigenvalue weighted by atomic mass is 10.3. The molecule has 0 saturated heterocycles. The van der Waals surface area contributed by atoms with Crippen LogP contribution in [0.25, 0.3) is 5.65 Å². The molecule has 0 atom stereocenters. The molecular formula is C8H9N3O. The second-order valence-corrected chi connectivity index (χ2v) is 2.59. The first-order valence-electron chi connectivity index (χ1n) is 3.65. The number of pyridine rings is 1. The van der Waals surface area contributed by atoms with Crippen LogP contribution in [0, 0.1) is 6.92 Å². The van der Waals surface area contributed by atoms with Gasteiger partial charge in [-0.3, -0.25) is 0 Å². The lowest BCUT2D eigenvalue weighted by molar-refractivity contribution is 0.411. The summed E-state index contributed by atoms with van der Waals surface area (Å²) in [6, 6.07) is 1.86. The van der Waals surface area contributed by atoms with Crippen molar-refractivity contribution in [3.8, 4) is 5.75 Å². The van der Waals surface area contributed by atoms with E-state index in [9.17, 15) is 0 Å². The van der Waals surface area contributed by atoms with Gasteiger partial charge in [-0.05, 0) is 6.92 Å². The van der Waals surface area contributed by atoms with Crippen LogP contribution in [0.1, 0.15) is 5.56 Å². The monoisotopic (exact) mass is 163 g/mol. The van der Waals surface area contributed by atoms with Crippen molar-refractivity contribution in [3.05, 3.63) is 24.2 Å². The Bertz CT molecular complexity index is 408. The molecule has 2 rings (SSSR count). The van der Waals surface area contributed by atoms with E-state index in [1.807, 2.05) is 19.2 Å². The predicted octanol–water partition coefficient (Wildman–Crippen LogP) is 1.05. The average Bonchev–Trinajstić information content (AvgIpc) is 2.49. The summed E-state index contributed by atoms with van der Waals surface area (Å²) in [4.78, 5) is 4.04. The Balaban J connectivity index is 2.73. The van der Waals surface area contributed by atoms with Crippen molar-refractivity contribution in [3.63, 3.8) is 0 Å². The fraction of sp³-hybridized carbons (Fsp3) is 0.250. The molecule has 0 radical (unpaired) electrons. The van der Waals surface area contributed by atoms with E-state index in [2.05, 4.69) is 10.1 Å². The molecule has 0 aliphatic rings. The molecule has 2 aromatic heterocycles. The van der Waals surface area contributed by atoms with E-state index in [4.69, 9.17) is 4.74 Å². The molecule has 62 valence electrons. The summed E-state index contributed by atoms with van der Waals surface area (Å²) in [6.07, 6.45) is 3.41. The molecule has 0 N–H and O–H groups in total. The van der Waals surface area contributed by atoms with Gasteiger partial charge < -0.3 is 4.74 Å². The number of methoxy groups -OCH3 is 1. The smallest absolute Gasteiger partial charge is 0.158 e. The molecule has 2 aromatic rings. The van der Waals surface area contributed by atoms with Gasteiger partial charge in [-0.2, -0.15) is 5.10 Å². The van der Waals surface area contributed by atoms with Crippen molar-refractivity contribution in [2.24, 2.45) is 0 Å². The number of rotatable bonds is 1. The summed E-state index contributed by atoms with van der Waals surface area (Å²) in [5.74, 6) is 0.843. The van der Waals surface area contributed by atoms with Gasteiger partial charge in [0.05, 0.1) is 7.11 Å². The third kappa shape index (κ3) is 0.922. The van der Waals surface area contributed by atoms with Gasteiger partial charge in [-0.25, -0.2) is 9.50 Å². The highest BCUT2D eigenvalue weighted by Crippen LogP contribution is 2.17. The molecule has 0 aliphatic heterocycles. The zero-order valence-corrected chi connectivity index (χ0v) is 6.98. The van der Waals surface area contributed by atoms with E-state index in [-0.39, 0.29) is 0 Å². The van der Waals surface area contributed by atoms with Gasteiger partial charge in [0, 0.05) is 17.8 Å². The summed E-state index contributed by atoms with van der Waals surface area (Å²) < 4.78 is 6.86. The Morgan fingerprint density at radius 3 is 3.08 bits per heavy atom. The first-order valence-corrected chi connectivity index (χ1v) is 3.65. The Morgan fingerprint density at radius 2 is 2.33 bits per heavy atom. The summed E-state index contributed by atoms with van der Waals surface area (Å²) in [7, 11) is 1.65. The van der Waals surface area contributed by atoms with Crippen LogP contribution in [0.15, 0.2) is 18.6 Å². The quantitative estimate of drug-likeness (QED) is 0.630. The molecule has 0 amide bonds. The van der Waals surface area contributed by atoms with Crippen LogP contribution in [0.2, 0.25) is 0 Å². The third-order valence-electron chi connectivity index (χ3n) is 1.79. The minimum atomic E-state index is 0.803. The van der Waals surface area contributed by atoms with Crippen molar-refractivity contribution >= 4 is 5.65 Å². The average molecular weight is 163 g/mol. The van der Waals surface area contributed by atoms with Crippen LogP contribution in [-0.4, -0.2) is 21.7 Å². The standard InChI is InChI=1S/C8H9N3O/c1-6-4-11-8(9-5-10-11)3-7(6)12-2/h3-5H,1-2H3. The lowest BCUT2D eigenvalue weighted by Crippen LogP contribution is -1.92. The van der Waals surface area contributed by atoms with Crippen molar-refractivity contribution in [2.45, 2.75) is 6.92 Å². The van der Waals surface area contributed by atoms with Gasteiger partial charge in [-0.1, -0.05) is 0 Å². The Kier molecular flexibility index (Phi) is 1.46. The van der Waals surface area contributed by atoms with Crippen molar-refractivity contribution in [2.75, 3.05) is 7.11 Å². The molecule has 4 nitrogen and oxygen atoms in total. The first-order chi connectivity index (χ1) is 5.81. The van der Waals surface area contributed by atoms with Crippen LogP contribution in [-0.2, 0) is 0 Å². The molecule has 2 heterocycles. The molecule has 0 spiro atoms. The number of aromatic nitrogens is 3. The maximum Gasteiger partial charge on any atom is 0.158 e. The molecule has 0 fully saturated rings. The van der Waals surface area contributed by atoms with Crippen molar-refractivity contribution < 1.29 is 4.74 Å². The van der Waals surface area contributed by atoms with E-state index < -0.39 is 0 Å². The first kappa shape index (κ1) is 7.09. The van der Waals surface area contributed by atoms with E-state index in [0.717, 1.165) is 17.0 Å². The Hall–Kier alpha value is -1.58. The van der Waals surface area contributed by atoms with Crippen molar-refractivity contribution in [1.82, 2.24) is 14.6 Å². The Labute approximate surface area is 69.8 Å². The number of fused-ring (bicyclic) bond motifs is 1. The van der Waals surface area contributed by atoms with E-state index in [0.29, 0.717) is 0 Å². The minimum absolute atomic E-state index is 0.803. The van der Waals surface area contributed by atoms with Crippen LogP contribution in [0.4, 0.5) is 0 Å². The zero-order valence-electron chi connectivity index (χ0n) is 6.98. The summed E-state index contributed by atoms with van der Waals surface area (Å²) in [5.41, 5.74) is 1.85. The molecule has 0 aliphatic carbocycles. The predicted molar refractivity (Wildman–Crippen MR) is 44.3 cm³/mol. The third-order valence-corrected chi connectivity index (χ3v) is 1.79. The molecule has 0 saturated carbocycles. The highest BCUT2D eigenvalue weighted by Gasteiger charge is 2.01. The van der Waals surface area contributed by atoms with Gasteiger partial charge in [-0.15, -0.1) is 0 Å². The summed E-state index contributed by atoms with van der Waals surface area (Å²) in [5, 5.41) is 4.00. The Morgan fingerprint density at radius 1 is 1.50 bits per heavy atom. The number of ether oxygens (including phenoxy) is 1. The van der Waals surface area contributed by atoms with Gasteiger partial charge in [0.25, 0.3) is 0 Å². The summed E-state index contributed by atoms with van der Waals surface area (Å²) in [6.45, 7) is 1.97. The highest BCUT2D eigenvalue weighted by molar-refractivity contribution is 5.46. The fourth-order valence-corrected chi connectivity index (χ4v) is 1.16. The molecule has 12 heavy (non-hydrogen) atoms. The number of hydrogen-bond acceptors (Lipinski definition) is 3. The van der Waals surface area contributed by atoms with Crippen LogP contribution in [0.5, 0.6) is 5.75 Å². The molecule has 0 aromatic carbocycles. The minimum Gasteiger partial charge on any atom is -0.496 e. The lowest BCUT2D eigenvalue weighted by Gasteiger charge is -2.03. The van der Waals surface area contributed by atoms with Crippen LogP contribution in [0.3, 0.4) is 0 Å². The zero-order chi connectivity index (χ0) is 8.55. The van der Waals surface area contributed by atoms with Gasteiger partial charge in [0.2, 0.25) is 0 Å². The molecule has 4 heteroatoms. The van der Waals surface area contributed by atoms with Gasteiger partial charge in [0.15, 0.2) is 5.65 Å². The highest BCUT2D eigenvalue weighted by atomic mass is 16.5. The number of aryl methyl sites for hydroxylation is 1. The second kappa shape index (κ2) is 2.48. The van der Waals surface area contributed by atoms with Crippen molar-refractivity contribution in [1.29, 1.82) is 0 Å². The maximum atomic E-state index is 5.14. The molecular weight excluding hydrogens is 154 g/mol. The van der Waals surface area contributed by atoms with Gasteiger partial charge in [0.1, 0.15) is 12.1 Å². The number of hydrogen-bond donors (Lipinski definition) is 0. The van der Waals surface area contributed by atoms with Gasteiger partial charge >= 0.3 is 0 Å². The molecule has 0 bridgehead atoms. The van der Waals surface area contributed by atoms with E-state index >= 15 is 0 Å². The largest absolute Gasteiger partial charge is 0.496 e. The number of nitrogens with zero attached hydrogens (tertiary/aromatic N) is 3. The normalized spacial score (nSPS) is 10.5. The maximum absolute atomic E-state index is 5.14. The van der Waals surface area contributed by atoms with Crippen LogP contribution >= 0.6 is 0 Å².